The number of aryl methyl sites for hydroxylation is 2. The fraction of sp³-hybridized carbons (Fsp3) is 0.421. The second-order valence-corrected chi connectivity index (χ2v) is 6.65. The Hall–Kier alpha value is -2.07. The number of anilines is 2. The third-order valence-electron chi connectivity index (χ3n) is 5.05. The molecule has 0 unspecified atom stereocenters. The molecule has 2 aliphatic heterocycles. The topological polar surface area (TPSA) is 31.4 Å². The zero-order chi connectivity index (χ0) is 15.8. The molecular formula is C19H24N4. The first-order valence-corrected chi connectivity index (χ1v) is 8.50. The van der Waals surface area contributed by atoms with Gasteiger partial charge in [-0.3, -0.25) is 0 Å². The first kappa shape index (κ1) is 14.5. The summed E-state index contributed by atoms with van der Waals surface area (Å²) < 4.78 is 0. The number of benzene rings is 1. The molecule has 0 atom stereocenters. The van der Waals surface area contributed by atoms with E-state index in [-0.39, 0.29) is 0 Å². The highest BCUT2D eigenvalue weighted by atomic mass is 15.3. The molecule has 0 radical (unpaired) electrons. The Kier molecular flexibility index (Phi) is 3.69. The van der Waals surface area contributed by atoms with Crippen molar-refractivity contribution in [1.82, 2.24) is 9.88 Å². The zero-order valence-corrected chi connectivity index (χ0v) is 14.0. The van der Waals surface area contributed by atoms with Gasteiger partial charge in [-0.1, -0.05) is 18.2 Å². The molecule has 4 heteroatoms. The van der Waals surface area contributed by atoms with Gasteiger partial charge in [0.1, 0.15) is 0 Å². The normalized spacial score (nSPS) is 16.9. The Morgan fingerprint density at radius 1 is 1.13 bits per heavy atom. The number of nitrogens with one attached hydrogen (secondary N) is 1. The van der Waals surface area contributed by atoms with Crippen LogP contribution in [-0.2, 0) is 0 Å². The molecule has 0 aliphatic carbocycles. The first-order valence-electron chi connectivity index (χ1n) is 8.50. The lowest BCUT2D eigenvalue weighted by Crippen LogP contribution is -2.42. The Labute approximate surface area is 138 Å². The standard InChI is InChI=1S/C19H24N4/c1-14-5-3-6-15(2)18(14)16-11-17-19(20-12-16)21-13-23(17)10-9-22-7-4-8-22/h3,5-6,11-12H,4,7-10,13H2,1-2H3,(H,20,21). The van der Waals surface area contributed by atoms with E-state index in [9.17, 15) is 0 Å². The second kappa shape index (κ2) is 5.85. The number of likely N-dealkylation sites (tertiary alicyclic amines) is 1. The molecule has 0 saturated carbocycles. The average Bonchev–Trinajstić information content (AvgIpc) is 2.88. The maximum atomic E-state index is 4.66. The van der Waals surface area contributed by atoms with E-state index in [0.717, 1.165) is 25.6 Å². The van der Waals surface area contributed by atoms with Crippen LogP contribution in [0.1, 0.15) is 17.5 Å². The number of rotatable bonds is 4. The molecule has 1 aromatic carbocycles. The Morgan fingerprint density at radius 2 is 1.91 bits per heavy atom. The van der Waals surface area contributed by atoms with Gasteiger partial charge in [-0.15, -0.1) is 0 Å². The highest BCUT2D eigenvalue weighted by Crippen LogP contribution is 2.35. The minimum Gasteiger partial charge on any atom is -0.351 e. The predicted molar refractivity (Wildman–Crippen MR) is 96.0 cm³/mol. The summed E-state index contributed by atoms with van der Waals surface area (Å²) in [6.45, 7) is 9.95. The number of fused-ring (bicyclic) bond motifs is 1. The van der Waals surface area contributed by atoms with Crippen LogP contribution in [0, 0.1) is 13.8 Å². The Bertz CT molecular complexity index is 701. The smallest absolute Gasteiger partial charge is 0.151 e. The zero-order valence-electron chi connectivity index (χ0n) is 14.0. The largest absolute Gasteiger partial charge is 0.351 e. The summed E-state index contributed by atoms with van der Waals surface area (Å²) in [5.74, 6) is 1.02. The molecule has 0 spiro atoms. The van der Waals surface area contributed by atoms with Crippen molar-refractivity contribution in [2.75, 3.05) is 43.1 Å². The van der Waals surface area contributed by atoms with Crippen LogP contribution in [0.4, 0.5) is 11.5 Å². The minimum absolute atomic E-state index is 0.867. The Morgan fingerprint density at radius 3 is 2.61 bits per heavy atom. The van der Waals surface area contributed by atoms with Crippen molar-refractivity contribution in [3.8, 4) is 11.1 Å². The molecule has 120 valence electrons. The molecule has 23 heavy (non-hydrogen) atoms. The van der Waals surface area contributed by atoms with Crippen LogP contribution >= 0.6 is 0 Å². The van der Waals surface area contributed by atoms with Gasteiger partial charge in [-0.2, -0.15) is 0 Å². The highest BCUT2D eigenvalue weighted by molar-refractivity contribution is 5.80. The van der Waals surface area contributed by atoms with E-state index in [1.54, 1.807) is 0 Å². The SMILES string of the molecule is Cc1cccc(C)c1-c1cnc2c(c1)N(CCN1CCC1)CN2. The predicted octanol–water partition coefficient (Wildman–Crippen LogP) is 3.26. The number of nitrogens with zero attached hydrogens (tertiary/aromatic N) is 3. The van der Waals surface area contributed by atoms with Gasteiger partial charge in [-0.25, -0.2) is 4.98 Å². The number of hydrogen-bond acceptors (Lipinski definition) is 4. The van der Waals surface area contributed by atoms with Crippen LogP contribution in [0.25, 0.3) is 11.1 Å². The molecule has 1 N–H and O–H groups in total. The van der Waals surface area contributed by atoms with E-state index >= 15 is 0 Å². The summed E-state index contributed by atoms with van der Waals surface area (Å²) in [7, 11) is 0. The summed E-state index contributed by atoms with van der Waals surface area (Å²) in [5.41, 5.74) is 6.40. The third kappa shape index (κ3) is 2.68. The minimum atomic E-state index is 0.867. The average molecular weight is 308 g/mol. The van der Waals surface area contributed by atoms with E-state index in [1.807, 2.05) is 6.20 Å². The van der Waals surface area contributed by atoms with E-state index in [4.69, 9.17) is 0 Å². The van der Waals surface area contributed by atoms with Gasteiger partial charge in [0.25, 0.3) is 0 Å². The summed E-state index contributed by atoms with van der Waals surface area (Å²) in [6.07, 6.45) is 3.35. The van der Waals surface area contributed by atoms with Crippen LogP contribution in [0.3, 0.4) is 0 Å². The van der Waals surface area contributed by atoms with Gasteiger partial charge in [0, 0.05) is 24.8 Å². The van der Waals surface area contributed by atoms with Crippen molar-refractivity contribution >= 4 is 11.5 Å². The monoisotopic (exact) mass is 308 g/mol. The molecule has 1 fully saturated rings. The second-order valence-electron chi connectivity index (χ2n) is 6.65. The lowest BCUT2D eigenvalue weighted by molar-refractivity contribution is 0.186. The lowest BCUT2D eigenvalue weighted by atomic mass is 9.97. The quantitative estimate of drug-likeness (QED) is 0.939. The number of hydrogen-bond donors (Lipinski definition) is 1. The van der Waals surface area contributed by atoms with Gasteiger partial charge in [0.15, 0.2) is 5.82 Å². The first-order chi connectivity index (χ1) is 11.2. The van der Waals surface area contributed by atoms with Crippen molar-refractivity contribution in [3.05, 3.63) is 41.6 Å². The van der Waals surface area contributed by atoms with Gasteiger partial charge in [0.2, 0.25) is 0 Å². The third-order valence-corrected chi connectivity index (χ3v) is 5.05. The van der Waals surface area contributed by atoms with Crippen molar-refractivity contribution in [2.24, 2.45) is 0 Å². The van der Waals surface area contributed by atoms with Crippen LogP contribution < -0.4 is 10.2 Å². The van der Waals surface area contributed by atoms with Crippen molar-refractivity contribution in [2.45, 2.75) is 20.3 Å². The van der Waals surface area contributed by atoms with Crippen LogP contribution in [0.5, 0.6) is 0 Å². The molecule has 4 nitrogen and oxygen atoms in total. The van der Waals surface area contributed by atoms with E-state index in [2.05, 4.69) is 58.2 Å². The molecule has 2 aromatic rings. The maximum absolute atomic E-state index is 4.66. The van der Waals surface area contributed by atoms with Crippen molar-refractivity contribution < 1.29 is 0 Å². The summed E-state index contributed by atoms with van der Waals surface area (Å²) in [6, 6.07) is 8.77. The molecule has 1 saturated heterocycles. The molecule has 1 aromatic heterocycles. The van der Waals surface area contributed by atoms with Gasteiger partial charge >= 0.3 is 0 Å². The highest BCUT2D eigenvalue weighted by Gasteiger charge is 2.22. The molecule has 3 heterocycles. The number of pyridine rings is 1. The maximum Gasteiger partial charge on any atom is 0.151 e. The lowest BCUT2D eigenvalue weighted by Gasteiger charge is -2.32. The Balaban J connectivity index is 1.62. The molecular weight excluding hydrogens is 284 g/mol. The summed E-state index contributed by atoms with van der Waals surface area (Å²) >= 11 is 0. The van der Waals surface area contributed by atoms with E-state index in [0.29, 0.717) is 0 Å². The van der Waals surface area contributed by atoms with Crippen molar-refractivity contribution in [1.29, 1.82) is 0 Å². The summed E-state index contributed by atoms with van der Waals surface area (Å²) in [4.78, 5) is 9.59. The summed E-state index contributed by atoms with van der Waals surface area (Å²) in [5, 5.41) is 3.41. The van der Waals surface area contributed by atoms with Gasteiger partial charge < -0.3 is 15.1 Å². The molecule has 2 aliphatic rings. The van der Waals surface area contributed by atoms with E-state index in [1.165, 1.54) is 47.5 Å². The molecule has 0 bridgehead atoms. The fourth-order valence-corrected chi connectivity index (χ4v) is 3.56. The molecule has 4 rings (SSSR count). The number of aromatic nitrogens is 1. The fourth-order valence-electron chi connectivity index (χ4n) is 3.56. The molecule has 0 amide bonds. The van der Waals surface area contributed by atoms with Gasteiger partial charge in [0.05, 0.1) is 12.4 Å². The van der Waals surface area contributed by atoms with E-state index < -0.39 is 0 Å². The van der Waals surface area contributed by atoms with Gasteiger partial charge in [-0.05, 0) is 56.1 Å². The van der Waals surface area contributed by atoms with Crippen molar-refractivity contribution in [3.63, 3.8) is 0 Å². The van der Waals surface area contributed by atoms with Crippen LogP contribution in [0.2, 0.25) is 0 Å². The van der Waals surface area contributed by atoms with Crippen LogP contribution in [-0.4, -0.2) is 42.7 Å². The van der Waals surface area contributed by atoms with Crippen LogP contribution in [0.15, 0.2) is 30.5 Å².